The van der Waals surface area contributed by atoms with E-state index in [2.05, 4.69) is 50.1 Å². The van der Waals surface area contributed by atoms with Crippen molar-refractivity contribution >= 4 is 17.5 Å². The van der Waals surface area contributed by atoms with E-state index in [9.17, 15) is 0 Å². The van der Waals surface area contributed by atoms with Crippen LogP contribution in [0.1, 0.15) is 12.0 Å². The average molecular weight is 335 g/mol. The first kappa shape index (κ1) is 16.7. The minimum absolute atomic E-state index is 0.457. The number of nitrogens with one attached hydrogen (secondary N) is 2. The summed E-state index contributed by atoms with van der Waals surface area (Å²) in [6.07, 6.45) is 3.68. The van der Waals surface area contributed by atoms with Crippen molar-refractivity contribution in [3.63, 3.8) is 0 Å². The summed E-state index contributed by atoms with van der Waals surface area (Å²) < 4.78 is 5.14. The van der Waals surface area contributed by atoms with E-state index in [0.717, 1.165) is 30.8 Å². The standard InChI is InChI=1S/C19H21N5O/c1-25-17-11-9-16(10-12-17)22-19-23-18(14-21-24-19)20-13-5-8-15-6-3-2-4-7-15/h2-4,6-7,9-12,14H,5,8,13H2,1H3,(H2,20,22,23,24). The van der Waals surface area contributed by atoms with Crippen LogP contribution in [0.2, 0.25) is 0 Å². The van der Waals surface area contributed by atoms with Crippen LogP contribution in [0.3, 0.4) is 0 Å². The van der Waals surface area contributed by atoms with E-state index in [-0.39, 0.29) is 0 Å². The third kappa shape index (κ3) is 5.17. The van der Waals surface area contributed by atoms with E-state index in [1.165, 1.54) is 5.56 Å². The Hall–Kier alpha value is -3.15. The van der Waals surface area contributed by atoms with Crippen LogP contribution in [0.25, 0.3) is 0 Å². The van der Waals surface area contributed by atoms with Gasteiger partial charge in [0.25, 0.3) is 0 Å². The van der Waals surface area contributed by atoms with Gasteiger partial charge in [0.1, 0.15) is 5.75 Å². The fraction of sp³-hybridized carbons (Fsp3) is 0.211. The molecule has 2 aromatic carbocycles. The molecule has 6 nitrogen and oxygen atoms in total. The van der Waals surface area contributed by atoms with Gasteiger partial charge in [0, 0.05) is 12.2 Å². The lowest BCUT2D eigenvalue weighted by molar-refractivity contribution is 0.415. The molecule has 3 aromatic rings. The van der Waals surface area contributed by atoms with E-state index in [1.54, 1.807) is 13.3 Å². The van der Waals surface area contributed by atoms with Crippen molar-refractivity contribution in [1.29, 1.82) is 0 Å². The smallest absolute Gasteiger partial charge is 0.249 e. The third-order valence-corrected chi connectivity index (χ3v) is 3.70. The lowest BCUT2D eigenvalue weighted by Gasteiger charge is -2.08. The molecule has 2 N–H and O–H groups in total. The van der Waals surface area contributed by atoms with Gasteiger partial charge in [0.15, 0.2) is 5.82 Å². The molecular formula is C19H21N5O. The van der Waals surface area contributed by atoms with Gasteiger partial charge in [0.05, 0.1) is 13.3 Å². The number of benzene rings is 2. The van der Waals surface area contributed by atoms with E-state index in [1.807, 2.05) is 30.3 Å². The first-order valence-corrected chi connectivity index (χ1v) is 8.22. The monoisotopic (exact) mass is 335 g/mol. The second-order valence-electron chi connectivity index (χ2n) is 5.53. The molecule has 0 bridgehead atoms. The Labute approximate surface area is 147 Å². The van der Waals surface area contributed by atoms with E-state index >= 15 is 0 Å². The van der Waals surface area contributed by atoms with Gasteiger partial charge in [-0.15, -0.1) is 5.10 Å². The van der Waals surface area contributed by atoms with Crippen molar-refractivity contribution in [3.05, 3.63) is 66.4 Å². The maximum atomic E-state index is 5.14. The van der Waals surface area contributed by atoms with Crippen molar-refractivity contribution in [2.75, 3.05) is 24.3 Å². The van der Waals surface area contributed by atoms with Crippen molar-refractivity contribution < 1.29 is 4.74 Å². The Morgan fingerprint density at radius 2 is 1.80 bits per heavy atom. The predicted octanol–water partition coefficient (Wildman–Crippen LogP) is 3.67. The van der Waals surface area contributed by atoms with Gasteiger partial charge in [-0.3, -0.25) is 0 Å². The number of rotatable bonds is 8. The van der Waals surface area contributed by atoms with Gasteiger partial charge in [-0.2, -0.15) is 10.1 Å². The molecule has 0 aliphatic carbocycles. The summed E-state index contributed by atoms with van der Waals surface area (Å²) in [6, 6.07) is 18.0. The number of nitrogens with zero attached hydrogens (tertiary/aromatic N) is 3. The van der Waals surface area contributed by atoms with Gasteiger partial charge < -0.3 is 15.4 Å². The fourth-order valence-electron chi connectivity index (χ4n) is 2.40. The van der Waals surface area contributed by atoms with Crippen LogP contribution in [-0.4, -0.2) is 28.8 Å². The average Bonchev–Trinajstić information content (AvgIpc) is 2.67. The molecule has 0 fully saturated rings. The van der Waals surface area contributed by atoms with Crippen LogP contribution in [0.5, 0.6) is 5.75 Å². The van der Waals surface area contributed by atoms with Gasteiger partial charge in [0.2, 0.25) is 5.95 Å². The van der Waals surface area contributed by atoms with Crippen LogP contribution in [-0.2, 0) is 6.42 Å². The van der Waals surface area contributed by atoms with E-state index in [0.29, 0.717) is 11.8 Å². The summed E-state index contributed by atoms with van der Waals surface area (Å²) >= 11 is 0. The summed E-state index contributed by atoms with van der Waals surface area (Å²) in [4.78, 5) is 4.43. The van der Waals surface area contributed by atoms with Crippen LogP contribution in [0, 0.1) is 0 Å². The highest BCUT2D eigenvalue weighted by Crippen LogP contribution is 2.18. The maximum absolute atomic E-state index is 5.14. The first-order chi connectivity index (χ1) is 12.3. The zero-order valence-electron chi connectivity index (χ0n) is 14.1. The van der Waals surface area contributed by atoms with Crippen LogP contribution >= 0.6 is 0 Å². The molecule has 0 aliphatic rings. The van der Waals surface area contributed by atoms with E-state index in [4.69, 9.17) is 4.74 Å². The molecule has 0 saturated carbocycles. The Morgan fingerprint density at radius 3 is 2.56 bits per heavy atom. The van der Waals surface area contributed by atoms with Gasteiger partial charge >= 0.3 is 0 Å². The summed E-state index contributed by atoms with van der Waals surface area (Å²) in [6.45, 7) is 0.829. The predicted molar refractivity (Wildman–Crippen MR) is 99.4 cm³/mol. The number of ether oxygens (including phenoxy) is 1. The van der Waals surface area contributed by atoms with Crippen LogP contribution < -0.4 is 15.4 Å². The van der Waals surface area contributed by atoms with Crippen LogP contribution in [0.4, 0.5) is 17.5 Å². The molecule has 1 aromatic heterocycles. The lowest BCUT2D eigenvalue weighted by Crippen LogP contribution is -2.07. The molecule has 6 heteroatoms. The number of anilines is 3. The zero-order chi connectivity index (χ0) is 17.3. The Balaban J connectivity index is 1.50. The molecule has 0 aliphatic heterocycles. The second kappa shape index (κ2) is 8.63. The molecule has 1 heterocycles. The number of hydrogen-bond donors (Lipinski definition) is 2. The van der Waals surface area contributed by atoms with Gasteiger partial charge in [-0.1, -0.05) is 30.3 Å². The minimum atomic E-state index is 0.457. The van der Waals surface area contributed by atoms with Gasteiger partial charge in [-0.25, -0.2) is 0 Å². The summed E-state index contributed by atoms with van der Waals surface area (Å²) in [5, 5.41) is 14.4. The highest BCUT2D eigenvalue weighted by molar-refractivity contribution is 5.55. The molecular weight excluding hydrogens is 314 g/mol. The van der Waals surface area contributed by atoms with E-state index < -0.39 is 0 Å². The summed E-state index contributed by atoms with van der Waals surface area (Å²) in [5.74, 6) is 1.97. The largest absolute Gasteiger partial charge is 0.497 e. The highest BCUT2D eigenvalue weighted by Gasteiger charge is 2.02. The SMILES string of the molecule is COc1ccc(Nc2nncc(NCCCc3ccccc3)n2)cc1. The fourth-order valence-corrected chi connectivity index (χ4v) is 2.40. The number of aromatic nitrogens is 3. The normalized spacial score (nSPS) is 10.3. The van der Waals surface area contributed by atoms with Crippen molar-refractivity contribution in [3.8, 4) is 5.75 Å². The summed E-state index contributed by atoms with van der Waals surface area (Å²) in [5.41, 5.74) is 2.22. The second-order valence-corrected chi connectivity index (χ2v) is 5.53. The first-order valence-electron chi connectivity index (χ1n) is 8.22. The Bertz CT molecular complexity index is 777. The Morgan fingerprint density at radius 1 is 1.00 bits per heavy atom. The molecule has 0 atom stereocenters. The molecule has 3 rings (SSSR count). The van der Waals surface area contributed by atoms with Crippen LogP contribution in [0.15, 0.2) is 60.8 Å². The highest BCUT2D eigenvalue weighted by atomic mass is 16.5. The van der Waals surface area contributed by atoms with Crippen molar-refractivity contribution in [2.24, 2.45) is 0 Å². The molecule has 0 radical (unpaired) electrons. The quantitative estimate of drug-likeness (QED) is 0.612. The molecule has 0 unspecified atom stereocenters. The zero-order valence-corrected chi connectivity index (χ0v) is 14.1. The topological polar surface area (TPSA) is 72.0 Å². The number of aryl methyl sites for hydroxylation is 1. The number of hydrogen-bond acceptors (Lipinski definition) is 6. The van der Waals surface area contributed by atoms with Crippen molar-refractivity contribution in [1.82, 2.24) is 15.2 Å². The molecule has 25 heavy (non-hydrogen) atoms. The molecule has 128 valence electrons. The third-order valence-electron chi connectivity index (χ3n) is 3.70. The Kier molecular flexibility index (Phi) is 5.77. The van der Waals surface area contributed by atoms with Crippen molar-refractivity contribution in [2.45, 2.75) is 12.8 Å². The minimum Gasteiger partial charge on any atom is -0.497 e. The maximum Gasteiger partial charge on any atom is 0.249 e. The number of methoxy groups -OCH3 is 1. The molecule has 0 saturated heterocycles. The summed E-state index contributed by atoms with van der Waals surface area (Å²) in [7, 11) is 1.64. The van der Waals surface area contributed by atoms with Gasteiger partial charge in [-0.05, 0) is 42.7 Å². The molecule has 0 spiro atoms. The molecule has 0 amide bonds. The lowest BCUT2D eigenvalue weighted by atomic mass is 10.1.